The van der Waals surface area contributed by atoms with Crippen LogP contribution in [0.1, 0.15) is 18.4 Å². The van der Waals surface area contributed by atoms with Crippen molar-refractivity contribution in [2.24, 2.45) is 0 Å². The number of anilines is 1. The SMILES string of the molecule is CC(OC(=O)/C=C/c1nc2ccccc2o1)C(=O)Nc1ccc(C#N)c(Cl)c1. The van der Waals surface area contributed by atoms with Gasteiger partial charge >= 0.3 is 5.97 Å². The van der Waals surface area contributed by atoms with E-state index in [9.17, 15) is 9.59 Å². The lowest BCUT2D eigenvalue weighted by atomic mass is 10.2. The van der Waals surface area contributed by atoms with Crippen LogP contribution in [0.5, 0.6) is 0 Å². The number of hydrogen-bond acceptors (Lipinski definition) is 6. The number of aromatic nitrogens is 1. The van der Waals surface area contributed by atoms with E-state index in [4.69, 9.17) is 26.0 Å². The van der Waals surface area contributed by atoms with Crippen molar-refractivity contribution in [2.45, 2.75) is 13.0 Å². The first kappa shape index (κ1) is 19.1. The highest BCUT2D eigenvalue weighted by Gasteiger charge is 2.17. The predicted octanol–water partition coefficient (Wildman–Crippen LogP) is 3.94. The molecule has 1 aromatic heterocycles. The maximum absolute atomic E-state index is 12.2. The summed E-state index contributed by atoms with van der Waals surface area (Å²) >= 11 is 5.92. The van der Waals surface area contributed by atoms with E-state index in [-0.39, 0.29) is 10.9 Å². The number of hydrogen-bond donors (Lipinski definition) is 1. The summed E-state index contributed by atoms with van der Waals surface area (Å²) in [6.07, 6.45) is 1.45. The zero-order valence-corrected chi connectivity index (χ0v) is 15.4. The minimum atomic E-state index is -1.05. The van der Waals surface area contributed by atoms with Gasteiger partial charge in [0.2, 0.25) is 5.89 Å². The minimum Gasteiger partial charge on any atom is -0.449 e. The van der Waals surface area contributed by atoms with Gasteiger partial charge in [-0.1, -0.05) is 23.7 Å². The van der Waals surface area contributed by atoms with Gasteiger partial charge in [-0.05, 0) is 37.3 Å². The average Bonchev–Trinajstić information content (AvgIpc) is 3.09. The average molecular weight is 396 g/mol. The van der Waals surface area contributed by atoms with Crippen molar-refractivity contribution in [3.05, 3.63) is 65.0 Å². The van der Waals surface area contributed by atoms with Gasteiger partial charge in [0.1, 0.15) is 11.6 Å². The summed E-state index contributed by atoms with van der Waals surface area (Å²) in [5.74, 6) is -1.00. The number of oxazole rings is 1. The molecule has 1 atom stereocenters. The molecule has 0 fully saturated rings. The molecule has 140 valence electrons. The van der Waals surface area contributed by atoms with Gasteiger partial charge in [0.15, 0.2) is 11.7 Å². The molecule has 3 aromatic rings. The summed E-state index contributed by atoms with van der Waals surface area (Å²) in [5.41, 5.74) is 1.95. The minimum absolute atomic E-state index is 0.214. The van der Waals surface area contributed by atoms with Crippen LogP contribution in [0.25, 0.3) is 17.2 Å². The topological polar surface area (TPSA) is 105 Å². The van der Waals surface area contributed by atoms with Crippen LogP contribution in [-0.2, 0) is 14.3 Å². The van der Waals surface area contributed by atoms with Crippen molar-refractivity contribution in [3.8, 4) is 6.07 Å². The largest absolute Gasteiger partial charge is 0.449 e. The molecule has 0 aliphatic carbocycles. The van der Waals surface area contributed by atoms with Gasteiger partial charge in [-0.2, -0.15) is 5.26 Å². The molecule has 1 amide bonds. The van der Waals surface area contributed by atoms with Crippen LogP contribution in [0.2, 0.25) is 5.02 Å². The third kappa shape index (κ3) is 4.55. The predicted molar refractivity (Wildman–Crippen MR) is 103 cm³/mol. The van der Waals surface area contributed by atoms with Crippen molar-refractivity contribution >= 4 is 46.3 Å². The van der Waals surface area contributed by atoms with Crippen LogP contribution in [0, 0.1) is 11.3 Å². The Morgan fingerprint density at radius 2 is 2.11 bits per heavy atom. The number of carbonyl (C=O) groups is 2. The van der Waals surface area contributed by atoms with Crippen LogP contribution >= 0.6 is 11.6 Å². The normalized spacial score (nSPS) is 11.9. The second-order valence-corrected chi connectivity index (χ2v) is 6.14. The molecule has 8 heteroatoms. The second-order valence-electron chi connectivity index (χ2n) is 5.73. The van der Waals surface area contributed by atoms with Gasteiger partial charge in [0.25, 0.3) is 5.91 Å². The molecular weight excluding hydrogens is 382 g/mol. The van der Waals surface area contributed by atoms with Crippen molar-refractivity contribution in [1.29, 1.82) is 5.26 Å². The molecule has 0 saturated heterocycles. The summed E-state index contributed by atoms with van der Waals surface area (Å²) in [6, 6.07) is 13.6. The monoisotopic (exact) mass is 395 g/mol. The van der Waals surface area contributed by atoms with E-state index in [1.165, 1.54) is 31.2 Å². The Labute approximate surface area is 165 Å². The van der Waals surface area contributed by atoms with Gasteiger partial charge < -0.3 is 14.5 Å². The number of carbonyl (C=O) groups excluding carboxylic acids is 2. The first-order valence-electron chi connectivity index (χ1n) is 8.21. The zero-order chi connectivity index (χ0) is 20.1. The van der Waals surface area contributed by atoms with E-state index < -0.39 is 18.0 Å². The van der Waals surface area contributed by atoms with Crippen LogP contribution in [0.4, 0.5) is 5.69 Å². The first-order chi connectivity index (χ1) is 13.5. The van der Waals surface area contributed by atoms with Crippen molar-refractivity contribution in [2.75, 3.05) is 5.32 Å². The maximum Gasteiger partial charge on any atom is 0.331 e. The summed E-state index contributed by atoms with van der Waals surface area (Å²) in [7, 11) is 0. The summed E-state index contributed by atoms with van der Waals surface area (Å²) < 4.78 is 10.5. The Morgan fingerprint density at radius 3 is 2.82 bits per heavy atom. The number of amides is 1. The number of nitrogens with one attached hydrogen (secondary N) is 1. The molecule has 0 aliphatic heterocycles. The fourth-order valence-electron chi connectivity index (χ4n) is 2.30. The quantitative estimate of drug-likeness (QED) is 0.518. The fourth-order valence-corrected chi connectivity index (χ4v) is 2.52. The number of fused-ring (bicyclic) bond motifs is 1. The lowest BCUT2D eigenvalue weighted by molar-refractivity contribution is -0.148. The molecule has 0 saturated carbocycles. The third-order valence-corrected chi connectivity index (χ3v) is 4.00. The van der Waals surface area contributed by atoms with Gasteiger partial charge in [-0.3, -0.25) is 4.79 Å². The molecule has 28 heavy (non-hydrogen) atoms. The summed E-state index contributed by atoms with van der Waals surface area (Å²) in [4.78, 5) is 28.3. The molecule has 0 radical (unpaired) electrons. The summed E-state index contributed by atoms with van der Waals surface area (Å²) in [5, 5.41) is 11.6. The van der Waals surface area contributed by atoms with Gasteiger partial charge in [0.05, 0.1) is 10.6 Å². The number of nitriles is 1. The van der Waals surface area contributed by atoms with Crippen LogP contribution < -0.4 is 5.32 Å². The number of esters is 1. The first-order valence-corrected chi connectivity index (χ1v) is 8.59. The van der Waals surface area contributed by atoms with Gasteiger partial charge in [0, 0.05) is 17.8 Å². The highest BCUT2D eigenvalue weighted by Crippen LogP contribution is 2.20. The molecule has 1 N–H and O–H groups in total. The molecule has 2 aromatic carbocycles. The number of ether oxygens (including phenoxy) is 1. The zero-order valence-electron chi connectivity index (χ0n) is 14.7. The van der Waals surface area contributed by atoms with Crippen LogP contribution in [0.15, 0.2) is 53.0 Å². The van der Waals surface area contributed by atoms with Crippen molar-refractivity contribution < 1.29 is 18.7 Å². The fraction of sp³-hybridized carbons (Fsp3) is 0.100. The van der Waals surface area contributed by atoms with E-state index in [0.29, 0.717) is 22.4 Å². The van der Waals surface area contributed by atoms with Gasteiger partial charge in [-0.15, -0.1) is 0 Å². The number of para-hydroxylation sites is 2. The third-order valence-electron chi connectivity index (χ3n) is 3.69. The Balaban J connectivity index is 1.57. The molecule has 7 nitrogen and oxygen atoms in total. The number of halogens is 1. The van der Waals surface area contributed by atoms with Crippen molar-refractivity contribution in [1.82, 2.24) is 4.98 Å². The Morgan fingerprint density at radius 1 is 1.32 bits per heavy atom. The summed E-state index contributed by atoms with van der Waals surface area (Å²) in [6.45, 7) is 1.44. The molecule has 1 heterocycles. The molecular formula is C20H14ClN3O4. The second kappa shape index (κ2) is 8.37. The smallest absolute Gasteiger partial charge is 0.331 e. The van der Waals surface area contributed by atoms with E-state index in [2.05, 4.69) is 10.3 Å². The lowest BCUT2D eigenvalue weighted by Gasteiger charge is -2.12. The standard InChI is InChI=1S/C20H14ClN3O4/c1-12(20(26)23-14-7-6-13(11-22)15(21)10-14)27-19(25)9-8-18-24-16-4-2-3-5-17(16)28-18/h2-10,12H,1H3,(H,23,26)/b9-8+. The highest BCUT2D eigenvalue weighted by molar-refractivity contribution is 6.32. The van der Waals surface area contributed by atoms with Crippen molar-refractivity contribution in [3.63, 3.8) is 0 Å². The molecule has 3 rings (SSSR count). The maximum atomic E-state index is 12.2. The number of nitrogens with zero attached hydrogens (tertiary/aromatic N) is 2. The Hall–Kier alpha value is -3.63. The molecule has 0 aliphatic rings. The Bertz CT molecular complexity index is 1080. The van der Waals surface area contributed by atoms with E-state index in [1.54, 1.807) is 12.1 Å². The van der Waals surface area contributed by atoms with Gasteiger partial charge in [-0.25, -0.2) is 9.78 Å². The Kier molecular flexibility index (Phi) is 5.72. The molecule has 0 spiro atoms. The molecule has 0 bridgehead atoms. The van der Waals surface area contributed by atoms with Crippen LogP contribution in [0.3, 0.4) is 0 Å². The van der Waals surface area contributed by atoms with E-state index in [0.717, 1.165) is 6.08 Å². The van der Waals surface area contributed by atoms with E-state index >= 15 is 0 Å². The highest BCUT2D eigenvalue weighted by atomic mass is 35.5. The lowest BCUT2D eigenvalue weighted by Crippen LogP contribution is -2.29. The number of benzene rings is 2. The number of rotatable bonds is 5. The van der Waals surface area contributed by atoms with Crippen LogP contribution in [-0.4, -0.2) is 23.0 Å². The molecule has 1 unspecified atom stereocenters. The van der Waals surface area contributed by atoms with E-state index in [1.807, 2.05) is 18.2 Å².